The molecule has 112 valence electrons. The van der Waals surface area contributed by atoms with E-state index in [1.54, 1.807) is 22.8 Å². The van der Waals surface area contributed by atoms with E-state index in [0.29, 0.717) is 17.6 Å². The highest BCUT2D eigenvalue weighted by Gasteiger charge is 2.19. The number of nitrogens with zero attached hydrogens (tertiary/aromatic N) is 2. The summed E-state index contributed by atoms with van der Waals surface area (Å²) in [7, 11) is 1.33. The number of para-hydroxylation sites is 1. The highest BCUT2D eigenvalue weighted by molar-refractivity contribution is 6.01. The molecular formula is C15H18N2O4. The number of methoxy groups -OCH3 is 1. The summed E-state index contributed by atoms with van der Waals surface area (Å²) in [6.07, 6.45) is 0.176. The minimum Gasteiger partial charge on any atom is -0.478 e. The Morgan fingerprint density at radius 2 is 2.10 bits per heavy atom. The monoisotopic (exact) mass is 290 g/mol. The zero-order chi connectivity index (χ0) is 15.6. The van der Waals surface area contributed by atoms with E-state index >= 15 is 0 Å². The first-order chi connectivity index (χ1) is 9.95. The highest BCUT2D eigenvalue weighted by Crippen LogP contribution is 2.25. The number of esters is 1. The summed E-state index contributed by atoms with van der Waals surface area (Å²) in [4.78, 5) is 27.3. The molecule has 0 aliphatic carbocycles. The average Bonchev–Trinajstić information content (AvgIpc) is 2.83. The van der Waals surface area contributed by atoms with Crippen molar-refractivity contribution in [1.29, 1.82) is 0 Å². The van der Waals surface area contributed by atoms with Crippen LogP contribution in [0, 0.1) is 0 Å². The Morgan fingerprint density at radius 1 is 1.38 bits per heavy atom. The molecule has 0 radical (unpaired) electrons. The Kier molecular flexibility index (Phi) is 4.26. The number of benzene rings is 1. The predicted molar refractivity (Wildman–Crippen MR) is 77.4 cm³/mol. The maximum Gasteiger partial charge on any atom is 0.337 e. The third-order valence-corrected chi connectivity index (χ3v) is 3.31. The number of imidazole rings is 1. The van der Waals surface area contributed by atoms with Gasteiger partial charge in [0.05, 0.1) is 30.1 Å². The molecule has 0 aliphatic heterocycles. The zero-order valence-electron chi connectivity index (χ0n) is 12.3. The Bertz CT molecular complexity index is 688. The van der Waals surface area contributed by atoms with Gasteiger partial charge in [-0.15, -0.1) is 0 Å². The molecule has 0 spiro atoms. The lowest BCUT2D eigenvalue weighted by atomic mass is 10.1. The summed E-state index contributed by atoms with van der Waals surface area (Å²) < 4.78 is 6.46. The van der Waals surface area contributed by atoms with Gasteiger partial charge in [0.15, 0.2) is 0 Å². The molecule has 6 nitrogen and oxygen atoms in total. The van der Waals surface area contributed by atoms with Gasteiger partial charge in [-0.2, -0.15) is 0 Å². The maximum absolute atomic E-state index is 11.4. The van der Waals surface area contributed by atoms with Crippen molar-refractivity contribution in [2.24, 2.45) is 0 Å². The van der Waals surface area contributed by atoms with Crippen LogP contribution in [-0.2, 0) is 16.1 Å². The highest BCUT2D eigenvalue weighted by atomic mass is 16.5. The van der Waals surface area contributed by atoms with Crippen LogP contribution in [0.1, 0.15) is 42.4 Å². The minimum atomic E-state index is -1.00. The molecule has 0 aliphatic rings. The molecule has 0 bridgehead atoms. The van der Waals surface area contributed by atoms with E-state index in [-0.39, 0.29) is 23.9 Å². The topological polar surface area (TPSA) is 81.4 Å². The molecule has 21 heavy (non-hydrogen) atoms. The minimum absolute atomic E-state index is 0.122. The number of ether oxygens (including phenoxy) is 1. The van der Waals surface area contributed by atoms with E-state index < -0.39 is 5.97 Å². The summed E-state index contributed by atoms with van der Waals surface area (Å²) in [5.74, 6) is -0.450. The number of aromatic nitrogens is 2. The van der Waals surface area contributed by atoms with Crippen molar-refractivity contribution in [1.82, 2.24) is 9.55 Å². The Morgan fingerprint density at radius 3 is 2.67 bits per heavy atom. The van der Waals surface area contributed by atoms with Gasteiger partial charge in [-0.3, -0.25) is 4.79 Å². The van der Waals surface area contributed by atoms with E-state index in [1.807, 2.05) is 13.8 Å². The number of rotatable bonds is 5. The van der Waals surface area contributed by atoms with Gasteiger partial charge in [-0.25, -0.2) is 9.78 Å². The number of fused-ring (bicyclic) bond motifs is 1. The predicted octanol–water partition coefficient (Wildman–Crippen LogP) is 2.42. The second kappa shape index (κ2) is 5.95. The van der Waals surface area contributed by atoms with E-state index in [4.69, 9.17) is 0 Å². The normalized spacial score (nSPS) is 11.0. The number of carbonyl (C=O) groups excluding carboxylic acids is 1. The molecule has 0 saturated carbocycles. The molecule has 2 aromatic rings. The van der Waals surface area contributed by atoms with Crippen molar-refractivity contribution in [2.45, 2.75) is 32.7 Å². The smallest absolute Gasteiger partial charge is 0.337 e. The van der Waals surface area contributed by atoms with Crippen molar-refractivity contribution in [2.75, 3.05) is 7.11 Å². The van der Waals surface area contributed by atoms with Crippen LogP contribution in [0.25, 0.3) is 11.0 Å². The first-order valence-corrected chi connectivity index (χ1v) is 6.75. The summed E-state index contributed by atoms with van der Waals surface area (Å²) in [5, 5.41) is 9.35. The number of carbonyl (C=O) groups is 2. The second-order valence-electron chi connectivity index (χ2n) is 5.08. The standard InChI is InChI=1S/C15H18N2O4/c1-9(2)14-16-11-6-4-5-10(15(19)20)13(11)17(14)8-7-12(18)21-3/h4-6,9H,7-8H2,1-3H3,(H,19,20). The molecule has 1 aromatic carbocycles. The van der Waals surface area contributed by atoms with Gasteiger partial charge in [0.2, 0.25) is 0 Å². The van der Waals surface area contributed by atoms with Crippen LogP contribution in [-0.4, -0.2) is 33.7 Å². The van der Waals surface area contributed by atoms with Crippen LogP contribution < -0.4 is 0 Å². The lowest BCUT2D eigenvalue weighted by Gasteiger charge is -2.11. The maximum atomic E-state index is 11.4. The fourth-order valence-corrected chi connectivity index (χ4v) is 2.35. The molecule has 6 heteroatoms. The zero-order valence-corrected chi connectivity index (χ0v) is 12.3. The number of hydrogen-bond acceptors (Lipinski definition) is 4. The molecule has 0 fully saturated rings. The Hall–Kier alpha value is -2.37. The van der Waals surface area contributed by atoms with Crippen LogP contribution in [0.15, 0.2) is 18.2 Å². The van der Waals surface area contributed by atoms with Gasteiger partial charge in [0.1, 0.15) is 5.82 Å². The third-order valence-electron chi connectivity index (χ3n) is 3.31. The van der Waals surface area contributed by atoms with Gasteiger partial charge in [-0.05, 0) is 12.1 Å². The van der Waals surface area contributed by atoms with E-state index in [2.05, 4.69) is 9.72 Å². The number of carboxylic acids is 1. The van der Waals surface area contributed by atoms with Gasteiger partial charge in [-0.1, -0.05) is 19.9 Å². The number of hydrogen-bond donors (Lipinski definition) is 1. The molecule has 0 atom stereocenters. The molecule has 0 saturated heterocycles. The first-order valence-electron chi connectivity index (χ1n) is 6.75. The van der Waals surface area contributed by atoms with Crippen LogP contribution in [0.4, 0.5) is 0 Å². The quantitative estimate of drug-likeness (QED) is 0.855. The number of aryl methyl sites for hydroxylation is 1. The molecule has 0 unspecified atom stereocenters. The van der Waals surface area contributed by atoms with Crippen LogP contribution in [0.3, 0.4) is 0 Å². The molecule has 2 rings (SSSR count). The van der Waals surface area contributed by atoms with E-state index in [9.17, 15) is 14.7 Å². The lowest BCUT2D eigenvalue weighted by molar-refractivity contribution is -0.140. The second-order valence-corrected chi connectivity index (χ2v) is 5.08. The van der Waals surface area contributed by atoms with Crippen LogP contribution >= 0.6 is 0 Å². The number of aromatic carboxylic acids is 1. The molecule has 1 N–H and O–H groups in total. The Labute approximate surface area is 122 Å². The fourth-order valence-electron chi connectivity index (χ4n) is 2.35. The third kappa shape index (κ3) is 2.89. The van der Waals surface area contributed by atoms with Gasteiger partial charge in [0, 0.05) is 12.5 Å². The molecular weight excluding hydrogens is 272 g/mol. The van der Waals surface area contributed by atoms with Crippen LogP contribution in [0.2, 0.25) is 0 Å². The Balaban J connectivity index is 2.59. The van der Waals surface area contributed by atoms with Gasteiger partial charge in [0.25, 0.3) is 0 Å². The molecule has 0 amide bonds. The van der Waals surface area contributed by atoms with E-state index in [0.717, 1.165) is 5.82 Å². The molecule has 1 aromatic heterocycles. The van der Waals surface area contributed by atoms with Crippen molar-refractivity contribution in [3.63, 3.8) is 0 Å². The SMILES string of the molecule is COC(=O)CCn1c(C(C)C)nc2cccc(C(=O)O)c21. The largest absolute Gasteiger partial charge is 0.478 e. The van der Waals surface area contributed by atoms with Gasteiger partial charge >= 0.3 is 11.9 Å². The van der Waals surface area contributed by atoms with E-state index in [1.165, 1.54) is 7.11 Å². The van der Waals surface area contributed by atoms with Crippen molar-refractivity contribution >= 4 is 23.0 Å². The van der Waals surface area contributed by atoms with Crippen LogP contribution in [0.5, 0.6) is 0 Å². The van der Waals surface area contributed by atoms with Crippen molar-refractivity contribution in [3.8, 4) is 0 Å². The molecule has 1 heterocycles. The lowest BCUT2D eigenvalue weighted by Crippen LogP contribution is -2.12. The fraction of sp³-hybridized carbons (Fsp3) is 0.400. The first kappa shape index (κ1) is 15.0. The summed E-state index contributed by atoms with van der Waals surface area (Å²) in [5.41, 5.74) is 1.37. The van der Waals surface area contributed by atoms with Crippen molar-refractivity contribution in [3.05, 3.63) is 29.6 Å². The van der Waals surface area contributed by atoms with Gasteiger partial charge < -0.3 is 14.4 Å². The van der Waals surface area contributed by atoms with Crippen molar-refractivity contribution < 1.29 is 19.4 Å². The summed E-state index contributed by atoms with van der Waals surface area (Å²) in [6.45, 7) is 4.31. The number of carboxylic acid groups (broad SMARTS) is 1. The summed E-state index contributed by atoms with van der Waals surface area (Å²) in [6, 6.07) is 5.00. The summed E-state index contributed by atoms with van der Waals surface area (Å²) >= 11 is 0. The average molecular weight is 290 g/mol.